The third-order valence-corrected chi connectivity index (χ3v) is 5.45. The van der Waals surface area contributed by atoms with Crippen molar-refractivity contribution in [1.82, 2.24) is 20.0 Å². The molecule has 6 heteroatoms. The molecule has 0 radical (unpaired) electrons. The lowest BCUT2D eigenvalue weighted by Crippen LogP contribution is -2.53. The number of hydrogen-bond donors (Lipinski definition) is 1. The smallest absolute Gasteiger partial charge is 0.245 e. The van der Waals surface area contributed by atoms with E-state index in [9.17, 15) is 9.59 Å². The van der Waals surface area contributed by atoms with E-state index in [1.54, 1.807) is 4.90 Å². The number of amides is 2. The highest BCUT2D eigenvalue weighted by Gasteiger charge is 2.38. The van der Waals surface area contributed by atoms with Gasteiger partial charge in [-0.1, -0.05) is 13.8 Å². The van der Waals surface area contributed by atoms with Crippen molar-refractivity contribution in [2.45, 2.75) is 58.4 Å². The Balaban J connectivity index is 1.65. The van der Waals surface area contributed by atoms with Crippen LogP contribution in [0.2, 0.25) is 0 Å². The van der Waals surface area contributed by atoms with Crippen molar-refractivity contribution in [1.29, 1.82) is 0 Å². The molecule has 1 aromatic heterocycles. The fourth-order valence-corrected chi connectivity index (χ4v) is 4.11. The molecule has 24 heavy (non-hydrogen) atoms. The molecule has 1 N–H and O–H groups in total. The van der Waals surface area contributed by atoms with E-state index in [4.69, 9.17) is 0 Å². The number of hydrogen-bond acceptors (Lipinski definition) is 3. The average molecular weight is 332 g/mol. The van der Waals surface area contributed by atoms with Gasteiger partial charge < -0.3 is 9.80 Å². The Kier molecular flexibility index (Phi) is 4.92. The maximum Gasteiger partial charge on any atom is 0.245 e. The molecule has 0 saturated carbocycles. The summed E-state index contributed by atoms with van der Waals surface area (Å²) in [7, 11) is 0. The van der Waals surface area contributed by atoms with Crippen LogP contribution in [0.25, 0.3) is 0 Å². The zero-order valence-corrected chi connectivity index (χ0v) is 14.9. The second kappa shape index (κ2) is 6.95. The number of carbonyl (C=O) groups is 2. The van der Waals surface area contributed by atoms with Crippen molar-refractivity contribution >= 4 is 11.8 Å². The van der Waals surface area contributed by atoms with Crippen LogP contribution in [0.1, 0.15) is 56.7 Å². The number of aromatic nitrogens is 2. The zero-order chi connectivity index (χ0) is 17.3. The van der Waals surface area contributed by atoms with Gasteiger partial charge in [-0.15, -0.1) is 0 Å². The van der Waals surface area contributed by atoms with Crippen molar-refractivity contribution in [2.24, 2.45) is 5.92 Å². The Morgan fingerprint density at radius 3 is 2.50 bits per heavy atom. The highest BCUT2D eigenvalue weighted by Crippen LogP contribution is 2.30. The summed E-state index contributed by atoms with van der Waals surface area (Å²) in [5.74, 6) is 0.876. The fraction of sp³-hybridized carbons (Fsp3) is 0.722. The van der Waals surface area contributed by atoms with Gasteiger partial charge in [-0.05, 0) is 43.6 Å². The number of nitrogens with zero attached hydrogens (tertiary/aromatic N) is 3. The second-order valence-electron chi connectivity index (χ2n) is 7.43. The van der Waals surface area contributed by atoms with Crippen LogP contribution in [0.5, 0.6) is 0 Å². The monoisotopic (exact) mass is 332 g/mol. The van der Waals surface area contributed by atoms with Crippen LogP contribution in [-0.2, 0) is 9.59 Å². The largest absolute Gasteiger partial charge is 0.341 e. The minimum absolute atomic E-state index is 0.127. The molecule has 132 valence electrons. The quantitative estimate of drug-likeness (QED) is 0.918. The first-order valence-corrected chi connectivity index (χ1v) is 9.07. The van der Waals surface area contributed by atoms with Crippen LogP contribution in [0.3, 0.4) is 0 Å². The summed E-state index contributed by atoms with van der Waals surface area (Å²) in [5.41, 5.74) is 2.40. The molecule has 0 bridgehead atoms. The summed E-state index contributed by atoms with van der Waals surface area (Å²) < 4.78 is 0. The predicted octanol–water partition coefficient (Wildman–Crippen LogP) is 2.07. The number of piperidine rings is 1. The lowest BCUT2D eigenvalue weighted by molar-refractivity contribution is -0.146. The Morgan fingerprint density at radius 2 is 2.00 bits per heavy atom. The molecule has 1 atom stereocenters. The van der Waals surface area contributed by atoms with Gasteiger partial charge in [0.05, 0.1) is 6.20 Å². The van der Waals surface area contributed by atoms with E-state index in [-0.39, 0.29) is 23.8 Å². The third-order valence-electron chi connectivity index (χ3n) is 5.45. The normalized spacial score (nSPS) is 20.9. The number of carbonyl (C=O) groups excluding carboxylic acids is 2. The fourth-order valence-electron chi connectivity index (χ4n) is 4.11. The predicted molar refractivity (Wildman–Crippen MR) is 91.5 cm³/mol. The van der Waals surface area contributed by atoms with Crippen LogP contribution < -0.4 is 0 Å². The third kappa shape index (κ3) is 3.19. The molecule has 2 aliphatic rings. The molecule has 2 fully saturated rings. The number of nitrogens with one attached hydrogen (secondary N) is 1. The van der Waals surface area contributed by atoms with Gasteiger partial charge in [-0.3, -0.25) is 14.7 Å². The molecule has 2 aliphatic heterocycles. The summed E-state index contributed by atoms with van der Waals surface area (Å²) in [6, 6.07) is -0.299. The van der Waals surface area contributed by atoms with Gasteiger partial charge >= 0.3 is 0 Å². The molecular weight excluding hydrogens is 304 g/mol. The molecule has 6 nitrogen and oxygen atoms in total. The summed E-state index contributed by atoms with van der Waals surface area (Å²) in [6.07, 6.45) is 5.29. The SMILES string of the molecule is Cc1[nH]ncc1C1CCN(C(=O)C(C(C)C)N2CCCC2=O)CC1. The van der Waals surface area contributed by atoms with Crippen molar-refractivity contribution < 1.29 is 9.59 Å². The van der Waals surface area contributed by atoms with Gasteiger partial charge in [-0.25, -0.2) is 0 Å². The van der Waals surface area contributed by atoms with Crippen LogP contribution in [0.4, 0.5) is 0 Å². The van der Waals surface area contributed by atoms with Crippen LogP contribution in [0.15, 0.2) is 6.20 Å². The molecule has 1 unspecified atom stereocenters. The van der Waals surface area contributed by atoms with Gasteiger partial charge in [0.25, 0.3) is 0 Å². The molecule has 0 spiro atoms. The Labute approximate surface area is 143 Å². The first-order valence-electron chi connectivity index (χ1n) is 9.07. The number of aryl methyl sites for hydroxylation is 1. The molecule has 3 rings (SSSR count). The number of likely N-dealkylation sites (tertiary alicyclic amines) is 2. The van der Waals surface area contributed by atoms with Crippen molar-refractivity contribution in [3.63, 3.8) is 0 Å². The maximum atomic E-state index is 13.0. The van der Waals surface area contributed by atoms with Crippen LogP contribution in [0, 0.1) is 12.8 Å². The van der Waals surface area contributed by atoms with Gasteiger partial charge in [0, 0.05) is 31.7 Å². The zero-order valence-electron chi connectivity index (χ0n) is 14.9. The van der Waals surface area contributed by atoms with Gasteiger partial charge in [0.15, 0.2) is 0 Å². The topological polar surface area (TPSA) is 69.3 Å². The average Bonchev–Trinajstić information content (AvgIpc) is 3.16. The minimum atomic E-state index is -0.299. The first kappa shape index (κ1) is 17.0. The Morgan fingerprint density at radius 1 is 1.29 bits per heavy atom. The maximum absolute atomic E-state index is 13.0. The number of H-pyrrole nitrogens is 1. The molecule has 0 aromatic carbocycles. The summed E-state index contributed by atoms with van der Waals surface area (Å²) in [6.45, 7) is 8.37. The van der Waals surface area contributed by atoms with E-state index < -0.39 is 0 Å². The highest BCUT2D eigenvalue weighted by atomic mass is 16.2. The molecule has 1 aromatic rings. The Hall–Kier alpha value is -1.85. The molecular formula is C18H28N4O2. The van der Waals surface area contributed by atoms with Gasteiger partial charge in [0.2, 0.25) is 11.8 Å². The van der Waals surface area contributed by atoms with E-state index in [0.29, 0.717) is 12.3 Å². The minimum Gasteiger partial charge on any atom is -0.341 e. The van der Waals surface area contributed by atoms with Crippen LogP contribution >= 0.6 is 0 Å². The lowest BCUT2D eigenvalue weighted by atomic mass is 9.89. The van der Waals surface area contributed by atoms with Crippen molar-refractivity contribution in [3.8, 4) is 0 Å². The van der Waals surface area contributed by atoms with E-state index in [1.165, 1.54) is 5.56 Å². The van der Waals surface area contributed by atoms with Crippen molar-refractivity contribution in [2.75, 3.05) is 19.6 Å². The molecule has 0 aliphatic carbocycles. The van der Waals surface area contributed by atoms with E-state index in [2.05, 4.69) is 10.2 Å². The molecule has 2 saturated heterocycles. The van der Waals surface area contributed by atoms with Crippen molar-refractivity contribution in [3.05, 3.63) is 17.5 Å². The highest BCUT2D eigenvalue weighted by molar-refractivity contribution is 5.89. The van der Waals surface area contributed by atoms with E-state index in [0.717, 1.165) is 44.6 Å². The lowest BCUT2D eigenvalue weighted by Gasteiger charge is -2.38. The van der Waals surface area contributed by atoms with Gasteiger partial charge in [0.1, 0.15) is 6.04 Å². The summed E-state index contributed by atoms with van der Waals surface area (Å²) in [4.78, 5) is 28.9. The summed E-state index contributed by atoms with van der Waals surface area (Å²) >= 11 is 0. The molecule has 3 heterocycles. The van der Waals surface area contributed by atoms with E-state index >= 15 is 0 Å². The first-order chi connectivity index (χ1) is 11.5. The number of aromatic amines is 1. The Bertz CT molecular complexity index is 602. The second-order valence-corrected chi connectivity index (χ2v) is 7.43. The summed E-state index contributed by atoms with van der Waals surface area (Å²) in [5, 5.41) is 7.11. The number of rotatable bonds is 4. The van der Waals surface area contributed by atoms with Crippen LogP contribution in [-0.4, -0.2) is 57.5 Å². The standard InChI is InChI=1S/C18H28N4O2/c1-12(2)17(22-8-4-5-16(22)23)18(24)21-9-6-14(7-10-21)15-11-19-20-13(15)3/h11-12,14,17H,4-10H2,1-3H3,(H,19,20). The van der Waals surface area contributed by atoms with E-state index in [1.807, 2.05) is 31.9 Å². The molecule has 2 amide bonds. The van der Waals surface area contributed by atoms with Gasteiger partial charge in [-0.2, -0.15) is 5.10 Å².